The molecule has 0 aliphatic carbocycles. The van der Waals surface area contributed by atoms with Crippen LogP contribution in [0.4, 0.5) is 5.69 Å². The average Bonchev–Trinajstić information content (AvgIpc) is 2.14. The zero-order valence-corrected chi connectivity index (χ0v) is 9.18. The van der Waals surface area contributed by atoms with Crippen molar-refractivity contribution >= 4 is 32.4 Å². The monoisotopic (exact) mass is 252 g/mol. The van der Waals surface area contributed by atoms with E-state index in [-0.39, 0.29) is 5.56 Å². The lowest BCUT2D eigenvalue weighted by Crippen LogP contribution is -2.10. The Labute approximate surface area is 89.1 Å². The first kappa shape index (κ1) is 9.27. The number of anilines is 1. The van der Waals surface area contributed by atoms with Crippen molar-refractivity contribution in [2.45, 2.75) is 6.92 Å². The van der Waals surface area contributed by atoms with Crippen molar-refractivity contribution in [1.82, 2.24) is 4.98 Å². The molecule has 0 unspecified atom stereocenters. The van der Waals surface area contributed by atoms with Crippen molar-refractivity contribution in [1.29, 1.82) is 0 Å². The number of aryl methyl sites for hydroxylation is 1. The fourth-order valence-electron chi connectivity index (χ4n) is 1.44. The first-order chi connectivity index (χ1) is 6.59. The van der Waals surface area contributed by atoms with Gasteiger partial charge in [-0.3, -0.25) is 4.79 Å². The van der Waals surface area contributed by atoms with Gasteiger partial charge in [0.1, 0.15) is 0 Å². The molecular formula is C10H9BrN2O. The molecule has 0 fully saturated rings. The molecule has 0 atom stereocenters. The molecule has 0 saturated heterocycles. The number of nitrogens with two attached hydrogens (primary N) is 1. The first-order valence-electron chi connectivity index (χ1n) is 4.17. The van der Waals surface area contributed by atoms with E-state index in [2.05, 4.69) is 20.9 Å². The lowest BCUT2D eigenvalue weighted by atomic mass is 10.1. The molecule has 0 bridgehead atoms. The largest absolute Gasteiger partial charge is 0.397 e. The SMILES string of the molecule is Cc1[nH]c(=O)c2ccc(Br)cc2c1N. The van der Waals surface area contributed by atoms with Crippen molar-refractivity contribution in [2.75, 3.05) is 5.73 Å². The molecule has 0 aliphatic heterocycles. The zero-order chi connectivity index (χ0) is 10.3. The van der Waals surface area contributed by atoms with Gasteiger partial charge in [-0.15, -0.1) is 0 Å². The van der Waals surface area contributed by atoms with Gasteiger partial charge in [0.15, 0.2) is 0 Å². The summed E-state index contributed by atoms with van der Waals surface area (Å²) in [6.07, 6.45) is 0. The lowest BCUT2D eigenvalue weighted by molar-refractivity contribution is 1.17. The predicted octanol–water partition coefficient (Wildman–Crippen LogP) is 2.18. The molecule has 3 N–H and O–H groups in total. The third kappa shape index (κ3) is 1.32. The minimum absolute atomic E-state index is 0.0980. The number of rotatable bonds is 0. The van der Waals surface area contributed by atoms with Crippen molar-refractivity contribution in [3.63, 3.8) is 0 Å². The number of fused-ring (bicyclic) bond motifs is 1. The normalized spacial score (nSPS) is 10.7. The number of nitrogens with one attached hydrogen (secondary N) is 1. The van der Waals surface area contributed by atoms with Crippen LogP contribution in [0.15, 0.2) is 27.5 Å². The Kier molecular flexibility index (Phi) is 2.07. The van der Waals surface area contributed by atoms with E-state index in [9.17, 15) is 4.79 Å². The van der Waals surface area contributed by atoms with E-state index in [0.29, 0.717) is 16.8 Å². The molecule has 2 aromatic rings. The molecule has 3 nitrogen and oxygen atoms in total. The highest BCUT2D eigenvalue weighted by molar-refractivity contribution is 9.10. The molecule has 14 heavy (non-hydrogen) atoms. The number of halogens is 1. The van der Waals surface area contributed by atoms with E-state index < -0.39 is 0 Å². The van der Waals surface area contributed by atoms with Crippen molar-refractivity contribution in [2.24, 2.45) is 0 Å². The third-order valence-corrected chi connectivity index (χ3v) is 2.71. The van der Waals surface area contributed by atoms with E-state index in [1.54, 1.807) is 13.0 Å². The number of aromatic amines is 1. The van der Waals surface area contributed by atoms with Gasteiger partial charge in [-0.25, -0.2) is 0 Å². The van der Waals surface area contributed by atoms with Crippen LogP contribution in [0.25, 0.3) is 10.8 Å². The molecule has 4 heteroatoms. The van der Waals surface area contributed by atoms with E-state index in [0.717, 1.165) is 9.86 Å². The summed E-state index contributed by atoms with van der Waals surface area (Å²) in [6.45, 7) is 1.79. The van der Waals surface area contributed by atoms with Crippen LogP contribution >= 0.6 is 15.9 Å². The second-order valence-corrected chi connectivity index (χ2v) is 4.10. The second-order valence-electron chi connectivity index (χ2n) is 3.18. The Morgan fingerprint density at radius 1 is 1.36 bits per heavy atom. The quantitative estimate of drug-likeness (QED) is 0.755. The molecule has 1 aromatic carbocycles. The van der Waals surface area contributed by atoms with Crippen LogP contribution in [0, 0.1) is 6.92 Å². The number of nitrogen functional groups attached to an aromatic ring is 1. The van der Waals surface area contributed by atoms with Gasteiger partial charge < -0.3 is 10.7 Å². The summed E-state index contributed by atoms with van der Waals surface area (Å²) in [4.78, 5) is 14.2. The predicted molar refractivity (Wildman–Crippen MR) is 61.4 cm³/mol. The van der Waals surface area contributed by atoms with Crippen LogP contribution in [0.5, 0.6) is 0 Å². The highest BCUT2D eigenvalue weighted by Gasteiger charge is 2.05. The highest BCUT2D eigenvalue weighted by Crippen LogP contribution is 2.23. The van der Waals surface area contributed by atoms with Gasteiger partial charge >= 0.3 is 0 Å². The topological polar surface area (TPSA) is 58.9 Å². The summed E-state index contributed by atoms with van der Waals surface area (Å²) in [5.74, 6) is 0. The fourth-order valence-corrected chi connectivity index (χ4v) is 1.81. The summed E-state index contributed by atoms with van der Waals surface area (Å²) in [7, 11) is 0. The van der Waals surface area contributed by atoms with Gasteiger partial charge in [0.25, 0.3) is 5.56 Å². The Balaban J connectivity index is 3.03. The van der Waals surface area contributed by atoms with Crippen molar-refractivity contribution in [3.05, 3.63) is 38.7 Å². The average molecular weight is 253 g/mol. The highest BCUT2D eigenvalue weighted by atomic mass is 79.9. The van der Waals surface area contributed by atoms with Crippen molar-refractivity contribution in [3.8, 4) is 0 Å². The second kappa shape index (κ2) is 3.13. The van der Waals surface area contributed by atoms with E-state index in [4.69, 9.17) is 5.73 Å². The summed E-state index contributed by atoms with van der Waals surface area (Å²) < 4.78 is 0.918. The Morgan fingerprint density at radius 3 is 2.79 bits per heavy atom. The number of aromatic nitrogens is 1. The first-order valence-corrected chi connectivity index (χ1v) is 4.96. The molecule has 0 spiro atoms. The number of pyridine rings is 1. The van der Waals surface area contributed by atoms with Crippen molar-refractivity contribution < 1.29 is 0 Å². The van der Waals surface area contributed by atoms with Crippen LogP contribution in [0.3, 0.4) is 0 Å². The van der Waals surface area contributed by atoms with Gasteiger partial charge in [0.05, 0.1) is 5.69 Å². The summed E-state index contributed by atoms with van der Waals surface area (Å²) in [6, 6.07) is 5.44. The van der Waals surface area contributed by atoms with Crippen LogP contribution < -0.4 is 11.3 Å². The van der Waals surface area contributed by atoms with Crippen LogP contribution in [0.2, 0.25) is 0 Å². The van der Waals surface area contributed by atoms with Gasteiger partial charge in [0.2, 0.25) is 0 Å². The molecular weight excluding hydrogens is 244 g/mol. The molecule has 1 heterocycles. The smallest absolute Gasteiger partial charge is 0.256 e. The standard InChI is InChI=1S/C10H9BrN2O/c1-5-9(12)8-4-6(11)2-3-7(8)10(14)13-5/h2-4H,12H2,1H3,(H,13,14). The van der Waals surface area contributed by atoms with Crippen LogP contribution in [-0.4, -0.2) is 4.98 Å². The van der Waals surface area contributed by atoms with Crippen LogP contribution in [0.1, 0.15) is 5.69 Å². The zero-order valence-electron chi connectivity index (χ0n) is 7.60. The Hall–Kier alpha value is -1.29. The minimum atomic E-state index is -0.0980. The number of hydrogen-bond donors (Lipinski definition) is 2. The molecule has 0 amide bonds. The number of H-pyrrole nitrogens is 1. The maximum atomic E-state index is 11.5. The molecule has 0 saturated carbocycles. The maximum Gasteiger partial charge on any atom is 0.256 e. The number of hydrogen-bond acceptors (Lipinski definition) is 2. The summed E-state index contributed by atoms with van der Waals surface area (Å²) in [5, 5.41) is 1.41. The summed E-state index contributed by atoms with van der Waals surface area (Å²) in [5.41, 5.74) is 7.10. The molecule has 0 aliphatic rings. The molecule has 2 rings (SSSR count). The summed E-state index contributed by atoms with van der Waals surface area (Å²) >= 11 is 3.35. The Bertz CT molecular complexity index is 560. The van der Waals surface area contributed by atoms with Crippen LogP contribution in [-0.2, 0) is 0 Å². The van der Waals surface area contributed by atoms with E-state index in [1.807, 2.05) is 12.1 Å². The lowest BCUT2D eigenvalue weighted by Gasteiger charge is -2.04. The molecule has 0 radical (unpaired) electrons. The van der Waals surface area contributed by atoms with Gasteiger partial charge in [-0.2, -0.15) is 0 Å². The Morgan fingerprint density at radius 2 is 2.07 bits per heavy atom. The van der Waals surface area contributed by atoms with Gasteiger partial charge in [-0.1, -0.05) is 15.9 Å². The minimum Gasteiger partial charge on any atom is -0.397 e. The molecule has 72 valence electrons. The third-order valence-electron chi connectivity index (χ3n) is 2.22. The number of benzene rings is 1. The van der Waals surface area contributed by atoms with E-state index >= 15 is 0 Å². The molecule has 1 aromatic heterocycles. The van der Waals surface area contributed by atoms with Gasteiger partial charge in [-0.05, 0) is 25.1 Å². The van der Waals surface area contributed by atoms with E-state index in [1.165, 1.54) is 0 Å². The fraction of sp³-hybridized carbons (Fsp3) is 0.100. The maximum absolute atomic E-state index is 11.5. The van der Waals surface area contributed by atoms with Gasteiger partial charge in [0, 0.05) is 20.9 Å².